The molecule has 2 N–H and O–H groups in total. The van der Waals surface area contributed by atoms with Gasteiger partial charge >= 0.3 is 0 Å². The van der Waals surface area contributed by atoms with Crippen LogP contribution in [-0.4, -0.2) is 5.91 Å². The molecule has 0 fully saturated rings. The molecule has 0 aromatic heterocycles. The number of hydrogen-bond acceptors (Lipinski definition) is 1. The smallest absolute Gasteiger partial charge is 0.229 e. The van der Waals surface area contributed by atoms with Crippen LogP contribution in [0, 0.1) is 24.6 Å². The van der Waals surface area contributed by atoms with Gasteiger partial charge in [0.05, 0.1) is 11.4 Å². The second-order valence-corrected chi connectivity index (χ2v) is 3.36. The van der Waals surface area contributed by atoms with E-state index in [1.165, 1.54) is 12.1 Å². The lowest BCUT2D eigenvalue weighted by atomic mass is 10.1. The van der Waals surface area contributed by atoms with Crippen molar-refractivity contribution < 1.29 is 9.18 Å². The average molecular weight is 226 g/mol. The molecule has 1 aromatic rings. The fraction of sp³-hybridized carbons (Fsp3) is 0.182. The number of amides is 1. The maximum Gasteiger partial charge on any atom is 0.229 e. The molecule has 0 bridgehead atoms. The zero-order valence-corrected chi connectivity index (χ0v) is 8.86. The van der Waals surface area contributed by atoms with Crippen LogP contribution in [0.25, 0.3) is 0 Å². The zero-order chi connectivity index (χ0) is 11.4. The molecule has 0 saturated heterocycles. The van der Waals surface area contributed by atoms with E-state index in [0.717, 1.165) is 0 Å². The second kappa shape index (κ2) is 4.81. The number of primary amides is 1. The molecule has 0 saturated carbocycles. The van der Waals surface area contributed by atoms with Gasteiger partial charge in [-0.25, -0.2) is 4.39 Å². The Morgan fingerprint density at radius 3 is 2.87 bits per heavy atom. The summed E-state index contributed by atoms with van der Waals surface area (Å²) in [4.78, 5) is 10.4. The van der Waals surface area contributed by atoms with Crippen molar-refractivity contribution in [2.45, 2.75) is 13.3 Å². The van der Waals surface area contributed by atoms with Crippen molar-refractivity contribution in [1.29, 1.82) is 0 Å². The van der Waals surface area contributed by atoms with Crippen LogP contribution >= 0.6 is 11.6 Å². The minimum Gasteiger partial charge on any atom is -0.369 e. The first kappa shape index (κ1) is 11.5. The van der Waals surface area contributed by atoms with E-state index in [-0.39, 0.29) is 17.3 Å². The first-order valence-corrected chi connectivity index (χ1v) is 4.62. The van der Waals surface area contributed by atoms with E-state index >= 15 is 0 Å². The van der Waals surface area contributed by atoms with Crippen LogP contribution in [0.3, 0.4) is 0 Å². The minimum absolute atomic E-state index is 0.0350. The monoisotopic (exact) mass is 225 g/mol. The molecule has 0 aliphatic heterocycles. The number of carbonyl (C=O) groups excluding carboxylic acids is 1. The molecule has 1 rings (SSSR count). The molecule has 0 aliphatic rings. The largest absolute Gasteiger partial charge is 0.369 e. The number of nitrogens with two attached hydrogens (primary N) is 1. The molecule has 0 spiro atoms. The Bertz CT molecular complexity index is 460. The summed E-state index contributed by atoms with van der Waals surface area (Å²) in [5.74, 6) is 4.34. The van der Waals surface area contributed by atoms with Crippen molar-refractivity contribution in [3.63, 3.8) is 0 Å². The van der Waals surface area contributed by atoms with Gasteiger partial charge in [-0.2, -0.15) is 0 Å². The molecular formula is C11H9ClFNO. The van der Waals surface area contributed by atoms with Crippen LogP contribution in [-0.2, 0) is 4.79 Å². The van der Waals surface area contributed by atoms with Crippen molar-refractivity contribution in [1.82, 2.24) is 0 Å². The van der Waals surface area contributed by atoms with Crippen molar-refractivity contribution in [2.24, 2.45) is 5.73 Å². The van der Waals surface area contributed by atoms with Crippen LogP contribution in [0.2, 0.25) is 5.02 Å². The van der Waals surface area contributed by atoms with Crippen LogP contribution in [0.1, 0.15) is 17.5 Å². The van der Waals surface area contributed by atoms with Crippen molar-refractivity contribution in [3.05, 3.63) is 34.1 Å². The normalized spacial score (nSPS) is 9.27. The Morgan fingerprint density at radius 1 is 1.60 bits per heavy atom. The maximum atomic E-state index is 13.0. The summed E-state index contributed by atoms with van der Waals surface area (Å²) in [6, 6.07) is 2.76. The molecule has 0 heterocycles. The number of halogens is 2. The quantitative estimate of drug-likeness (QED) is 0.730. The Hall–Kier alpha value is -1.53. The van der Waals surface area contributed by atoms with Gasteiger partial charge < -0.3 is 5.73 Å². The third-order valence-corrected chi connectivity index (χ3v) is 2.29. The fourth-order valence-corrected chi connectivity index (χ4v) is 1.19. The molecular weight excluding hydrogens is 217 g/mol. The molecule has 1 amide bonds. The van der Waals surface area contributed by atoms with E-state index in [9.17, 15) is 9.18 Å². The highest BCUT2D eigenvalue weighted by Crippen LogP contribution is 2.22. The number of benzene rings is 1. The van der Waals surface area contributed by atoms with Crippen LogP contribution < -0.4 is 5.73 Å². The Morgan fingerprint density at radius 2 is 2.27 bits per heavy atom. The Kier molecular flexibility index (Phi) is 3.70. The molecule has 0 aliphatic carbocycles. The number of hydrogen-bond donors (Lipinski definition) is 1. The highest BCUT2D eigenvalue weighted by molar-refractivity contribution is 6.32. The van der Waals surface area contributed by atoms with Crippen molar-refractivity contribution in [2.75, 3.05) is 0 Å². The topological polar surface area (TPSA) is 43.1 Å². The summed E-state index contributed by atoms with van der Waals surface area (Å²) in [5, 5.41) is 0.270. The number of rotatable bonds is 1. The van der Waals surface area contributed by atoms with Gasteiger partial charge in [0.15, 0.2) is 0 Å². The Labute approximate surface area is 92.2 Å². The van der Waals surface area contributed by atoms with Gasteiger partial charge in [0.1, 0.15) is 5.82 Å². The Balaban J connectivity index is 3.00. The molecule has 0 radical (unpaired) electrons. The van der Waals surface area contributed by atoms with Gasteiger partial charge in [0, 0.05) is 11.1 Å². The average Bonchev–Trinajstić information content (AvgIpc) is 2.18. The van der Waals surface area contributed by atoms with Gasteiger partial charge in [-0.3, -0.25) is 4.79 Å². The van der Waals surface area contributed by atoms with E-state index in [2.05, 4.69) is 11.8 Å². The van der Waals surface area contributed by atoms with Gasteiger partial charge in [-0.05, 0) is 19.1 Å². The summed E-state index contributed by atoms with van der Waals surface area (Å²) < 4.78 is 13.0. The lowest BCUT2D eigenvalue weighted by molar-refractivity contribution is -0.117. The summed E-state index contributed by atoms with van der Waals surface area (Å²) in [6.45, 7) is 1.57. The third kappa shape index (κ3) is 2.97. The summed E-state index contributed by atoms with van der Waals surface area (Å²) in [7, 11) is 0. The maximum absolute atomic E-state index is 13.0. The first-order valence-electron chi connectivity index (χ1n) is 4.24. The van der Waals surface area contributed by atoms with E-state index in [0.29, 0.717) is 11.1 Å². The standard InChI is InChI=1S/C11H9ClFNO/c1-7-9(13)6-5-8(11(7)12)3-2-4-10(14)15/h5-6H,4H2,1H3,(H2,14,15). The molecule has 15 heavy (non-hydrogen) atoms. The molecule has 1 aromatic carbocycles. The predicted molar refractivity (Wildman–Crippen MR) is 56.8 cm³/mol. The summed E-state index contributed by atoms with van der Waals surface area (Å²) in [6.07, 6.45) is -0.0350. The van der Waals surface area contributed by atoms with Gasteiger partial charge in [0.25, 0.3) is 0 Å². The van der Waals surface area contributed by atoms with Crippen LogP contribution in [0.5, 0.6) is 0 Å². The summed E-state index contributed by atoms with van der Waals surface area (Å²) >= 11 is 5.86. The van der Waals surface area contributed by atoms with Gasteiger partial charge in [-0.15, -0.1) is 0 Å². The molecule has 0 unspecified atom stereocenters. The first-order chi connectivity index (χ1) is 7.02. The molecule has 2 nitrogen and oxygen atoms in total. The molecule has 78 valence electrons. The fourth-order valence-electron chi connectivity index (χ4n) is 0.985. The zero-order valence-electron chi connectivity index (χ0n) is 8.10. The van der Waals surface area contributed by atoms with Crippen LogP contribution in [0.15, 0.2) is 12.1 Å². The molecule has 4 heteroatoms. The highest BCUT2D eigenvalue weighted by atomic mass is 35.5. The van der Waals surface area contributed by atoms with Crippen molar-refractivity contribution >= 4 is 17.5 Å². The van der Waals surface area contributed by atoms with Gasteiger partial charge in [0.2, 0.25) is 5.91 Å². The molecule has 0 atom stereocenters. The predicted octanol–water partition coefficient (Wildman–Crippen LogP) is 2.01. The summed E-state index contributed by atoms with van der Waals surface area (Å²) in [5.41, 5.74) is 5.76. The van der Waals surface area contributed by atoms with E-state index in [4.69, 9.17) is 17.3 Å². The van der Waals surface area contributed by atoms with Crippen molar-refractivity contribution in [3.8, 4) is 11.8 Å². The third-order valence-electron chi connectivity index (χ3n) is 1.81. The lowest BCUT2D eigenvalue weighted by Gasteiger charge is -2.01. The van der Waals surface area contributed by atoms with E-state index in [1.807, 2.05) is 0 Å². The van der Waals surface area contributed by atoms with Gasteiger partial charge in [-0.1, -0.05) is 23.4 Å². The minimum atomic E-state index is -0.502. The van der Waals surface area contributed by atoms with E-state index in [1.54, 1.807) is 6.92 Å². The lowest BCUT2D eigenvalue weighted by Crippen LogP contribution is -2.08. The van der Waals surface area contributed by atoms with Crippen LogP contribution in [0.4, 0.5) is 4.39 Å². The SMILES string of the molecule is Cc1c(F)ccc(C#CCC(N)=O)c1Cl. The number of carbonyl (C=O) groups is 1. The second-order valence-electron chi connectivity index (χ2n) is 2.98. The highest BCUT2D eigenvalue weighted by Gasteiger charge is 2.05. The van der Waals surface area contributed by atoms with E-state index < -0.39 is 5.91 Å².